The lowest BCUT2D eigenvalue weighted by molar-refractivity contribution is -0.385. The van der Waals surface area contributed by atoms with E-state index >= 15 is 0 Å². The van der Waals surface area contributed by atoms with Gasteiger partial charge in [-0.1, -0.05) is 17.7 Å². The zero-order valence-electron chi connectivity index (χ0n) is 14.8. The maximum atomic E-state index is 13.1. The summed E-state index contributed by atoms with van der Waals surface area (Å²) in [6.07, 6.45) is 4.50. The number of rotatable bonds is 7. The van der Waals surface area contributed by atoms with E-state index in [1.807, 2.05) is 0 Å². The van der Waals surface area contributed by atoms with Gasteiger partial charge in [0.15, 0.2) is 0 Å². The zero-order chi connectivity index (χ0) is 20.3. The second-order valence-corrected chi connectivity index (χ2v) is 6.49. The minimum Gasteiger partial charge on any atom is -0.323 e. The number of aromatic nitrogens is 4. The molecule has 1 amide bonds. The average molecular weight is 407 g/mol. The fourth-order valence-electron chi connectivity index (χ4n) is 2.58. The monoisotopic (exact) mass is 406 g/mol. The van der Waals surface area contributed by atoms with Crippen LogP contribution >= 0.6 is 11.6 Å². The molecule has 0 aliphatic rings. The summed E-state index contributed by atoms with van der Waals surface area (Å²) in [6.45, 7) is 2.07. The molecular weight excluding hydrogens is 391 g/mol. The highest BCUT2D eigenvalue weighted by Crippen LogP contribution is 2.19. The number of hydrogen-bond acceptors (Lipinski definition) is 5. The van der Waals surface area contributed by atoms with Gasteiger partial charge in [0.2, 0.25) is 5.91 Å². The van der Waals surface area contributed by atoms with Crippen LogP contribution in [-0.4, -0.2) is 30.4 Å². The quantitative estimate of drug-likeness (QED) is 0.479. The van der Waals surface area contributed by atoms with Crippen molar-refractivity contribution in [3.8, 4) is 0 Å². The molecule has 0 atom stereocenters. The van der Waals surface area contributed by atoms with Crippen LogP contribution in [0.25, 0.3) is 0 Å². The Labute approximate surface area is 163 Å². The van der Waals surface area contributed by atoms with E-state index in [9.17, 15) is 19.3 Å². The molecule has 0 radical (unpaired) electrons. The second-order valence-electron chi connectivity index (χ2n) is 6.08. The van der Waals surface area contributed by atoms with Crippen molar-refractivity contribution in [3.63, 3.8) is 0 Å². The average Bonchev–Trinajstić information content (AvgIpc) is 3.22. The van der Waals surface area contributed by atoms with Gasteiger partial charge in [0.25, 0.3) is 0 Å². The zero-order valence-corrected chi connectivity index (χ0v) is 15.6. The van der Waals surface area contributed by atoms with Crippen LogP contribution in [0.1, 0.15) is 17.7 Å². The van der Waals surface area contributed by atoms with E-state index < -0.39 is 10.7 Å². The van der Waals surface area contributed by atoms with E-state index in [0.29, 0.717) is 28.5 Å². The number of aryl methyl sites for hydroxylation is 2. The first-order chi connectivity index (χ1) is 13.3. The van der Waals surface area contributed by atoms with Crippen molar-refractivity contribution >= 4 is 28.9 Å². The minimum absolute atomic E-state index is 0.0823. The lowest BCUT2D eigenvalue weighted by Crippen LogP contribution is -2.14. The molecule has 0 fully saturated rings. The summed E-state index contributed by atoms with van der Waals surface area (Å²) in [7, 11) is 0. The maximum Gasteiger partial charge on any atom is 0.309 e. The maximum absolute atomic E-state index is 13.1. The van der Waals surface area contributed by atoms with Crippen LogP contribution < -0.4 is 5.32 Å². The summed E-state index contributed by atoms with van der Waals surface area (Å²) < 4.78 is 16.0. The Morgan fingerprint density at radius 1 is 1.36 bits per heavy atom. The van der Waals surface area contributed by atoms with Gasteiger partial charge in [0.1, 0.15) is 17.7 Å². The van der Waals surface area contributed by atoms with Crippen molar-refractivity contribution in [2.75, 3.05) is 5.32 Å². The van der Waals surface area contributed by atoms with E-state index in [0.717, 1.165) is 0 Å². The normalized spacial score (nSPS) is 10.8. The summed E-state index contributed by atoms with van der Waals surface area (Å²) in [5, 5.41) is 22.0. The van der Waals surface area contributed by atoms with Crippen LogP contribution in [-0.2, 0) is 17.9 Å². The van der Waals surface area contributed by atoms with Crippen LogP contribution in [0.15, 0.2) is 36.8 Å². The Morgan fingerprint density at radius 2 is 2.14 bits per heavy atom. The first kappa shape index (κ1) is 19.5. The molecule has 0 unspecified atom stereocenters. The van der Waals surface area contributed by atoms with Gasteiger partial charge in [-0.25, -0.2) is 4.39 Å². The molecule has 28 heavy (non-hydrogen) atoms. The van der Waals surface area contributed by atoms with Crippen LogP contribution in [0.2, 0.25) is 5.02 Å². The van der Waals surface area contributed by atoms with Gasteiger partial charge in [-0.2, -0.15) is 10.2 Å². The Balaban J connectivity index is 1.55. The largest absolute Gasteiger partial charge is 0.323 e. The Bertz CT molecular complexity index is 1030. The molecule has 0 aliphatic heterocycles. The van der Waals surface area contributed by atoms with E-state index in [4.69, 9.17) is 11.6 Å². The molecule has 0 aliphatic carbocycles. The van der Waals surface area contributed by atoms with Crippen molar-refractivity contribution < 1.29 is 14.1 Å². The molecule has 0 bridgehead atoms. The first-order valence-electron chi connectivity index (χ1n) is 8.26. The number of carbonyl (C=O) groups is 1. The molecule has 9 nitrogen and oxygen atoms in total. The highest BCUT2D eigenvalue weighted by molar-refractivity contribution is 6.31. The topological polar surface area (TPSA) is 108 Å². The predicted molar refractivity (Wildman–Crippen MR) is 99.6 cm³/mol. The number of carbonyl (C=O) groups excluding carboxylic acids is 1. The van der Waals surface area contributed by atoms with Gasteiger partial charge in [0, 0.05) is 24.2 Å². The van der Waals surface area contributed by atoms with E-state index in [1.54, 1.807) is 16.9 Å². The number of benzene rings is 1. The third-order valence-electron chi connectivity index (χ3n) is 3.95. The molecule has 0 saturated heterocycles. The van der Waals surface area contributed by atoms with Gasteiger partial charge in [-0.3, -0.25) is 24.3 Å². The Kier molecular flexibility index (Phi) is 5.69. The Hall–Kier alpha value is -3.27. The van der Waals surface area contributed by atoms with Crippen LogP contribution in [0.3, 0.4) is 0 Å². The van der Waals surface area contributed by atoms with Crippen molar-refractivity contribution in [1.29, 1.82) is 0 Å². The van der Waals surface area contributed by atoms with Crippen molar-refractivity contribution in [2.24, 2.45) is 0 Å². The smallest absolute Gasteiger partial charge is 0.309 e. The standard InChI is InChI=1S/C17H16ClFN6O3/c1-11-16(25(27)28)10-23(22-11)5-4-17(26)21-14-7-20-24(9-14)8-12-2-3-13(19)6-15(12)18/h2-3,6-7,9-10H,4-5,8H2,1H3,(H,21,26). The Morgan fingerprint density at radius 3 is 2.82 bits per heavy atom. The van der Waals surface area contributed by atoms with Gasteiger partial charge in [-0.05, 0) is 24.6 Å². The third-order valence-corrected chi connectivity index (χ3v) is 4.30. The van der Waals surface area contributed by atoms with Gasteiger partial charge < -0.3 is 5.32 Å². The molecule has 0 spiro atoms. The number of halogens is 2. The summed E-state index contributed by atoms with van der Waals surface area (Å²) in [4.78, 5) is 22.4. The molecular formula is C17H16ClFN6O3. The molecule has 11 heteroatoms. The van der Waals surface area contributed by atoms with Gasteiger partial charge >= 0.3 is 5.69 Å². The van der Waals surface area contributed by atoms with Crippen LogP contribution in [0.5, 0.6) is 0 Å². The number of hydrogen-bond donors (Lipinski definition) is 1. The van der Waals surface area contributed by atoms with E-state index in [1.165, 1.54) is 36.1 Å². The number of nitrogens with zero attached hydrogens (tertiary/aromatic N) is 5. The molecule has 2 heterocycles. The highest BCUT2D eigenvalue weighted by Gasteiger charge is 2.16. The molecule has 3 aromatic rings. The molecule has 1 N–H and O–H groups in total. The van der Waals surface area contributed by atoms with Gasteiger partial charge in [-0.15, -0.1) is 0 Å². The summed E-state index contributed by atoms with van der Waals surface area (Å²) in [5.74, 6) is -0.699. The van der Waals surface area contributed by atoms with Crippen molar-refractivity contribution in [3.05, 3.63) is 69.0 Å². The highest BCUT2D eigenvalue weighted by atomic mass is 35.5. The van der Waals surface area contributed by atoms with E-state index in [-0.39, 0.29) is 24.6 Å². The first-order valence-corrected chi connectivity index (χ1v) is 8.64. The molecule has 3 rings (SSSR count). The molecule has 0 saturated carbocycles. The molecule has 146 valence electrons. The number of nitrogens with one attached hydrogen (secondary N) is 1. The van der Waals surface area contributed by atoms with Crippen LogP contribution in [0, 0.1) is 22.9 Å². The SMILES string of the molecule is Cc1nn(CCC(=O)Nc2cnn(Cc3ccc(F)cc3Cl)c2)cc1[N+](=O)[O-]. The fourth-order valence-corrected chi connectivity index (χ4v) is 2.81. The molecule has 1 aromatic carbocycles. The third kappa shape index (κ3) is 4.71. The second kappa shape index (κ2) is 8.17. The fraction of sp³-hybridized carbons (Fsp3) is 0.235. The van der Waals surface area contributed by atoms with Gasteiger partial charge in [0.05, 0.1) is 23.4 Å². The molecule has 2 aromatic heterocycles. The van der Waals surface area contributed by atoms with Crippen molar-refractivity contribution in [2.45, 2.75) is 26.4 Å². The predicted octanol–water partition coefficient (Wildman–Crippen LogP) is 3.17. The van der Waals surface area contributed by atoms with E-state index in [2.05, 4.69) is 15.5 Å². The number of nitro groups is 1. The van der Waals surface area contributed by atoms with Crippen LogP contribution in [0.4, 0.5) is 15.8 Å². The lowest BCUT2D eigenvalue weighted by atomic mass is 10.2. The summed E-state index contributed by atoms with van der Waals surface area (Å²) in [5.41, 5.74) is 1.40. The van der Waals surface area contributed by atoms with Crippen molar-refractivity contribution in [1.82, 2.24) is 19.6 Å². The summed E-state index contributed by atoms with van der Waals surface area (Å²) in [6, 6.07) is 4.11. The minimum atomic E-state index is -0.513. The summed E-state index contributed by atoms with van der Waals surface area (Å²) >= 11 is 6.00. The lowest BCUT2D eigenvalue weighted by Gasteiger charge is -2.05. The number of anilines is 1. The number of amides is 1.